The lowest BCUT2D eigenvalue weighted by Gasteiger charge is -2.01. The Bertz CT molecular complexity index is 349. The molecule has 1 rings (SSSR count). The van der Waals surface area contributed by atoms with Gasteiger partial charge in [0.1, 0.15) is 0 Å². The molecule has 1 heterocycles. The summed E-state index contributed by atoms with van der Waals surface area (Å²) >= 11 is 6.55. The molecule has 6 heteroatoms. The van der Waals surface area contributed by atoms with Gasteiger partial charge in [-0.05, 0) is 22.9 Å². The smallest absolute Gasteiger partial charge is 0.358 e. The molecule has 0 N–H and O–H groups in total. The van der Waals surface area contributed by atoms with Crippen LogP contribution in [0.15, 0.2) is 4.73 Å². The molecule has 0 amide bonds. The quantitative estimate of drug-likeness (QED) is 0.632. The zero-order valence-corrected chi connectivity index (χ0v) is 11.1. The second kappa shape index (κ2) is 4.93. The molecule has 0 aliphatic heterocycles. The second-order valence-corrected chi connectivity index (χ2v) is 3.86. The zero-order valence-electron chi connectivity index (χ0n) is 7.88. The Balaban J connectivity index is 3.08. The van der Waals surface area contributed by atoms with Crippen LogP contribution >= 0.6 is 31.9 Å². The van der Waals surface area contributed by atoms with Gasteiger partial charge in [-0.1, -0.05) is 15.9 Å². The molecule has 0 fully saturated rings. The molecule has 0 saturated heterocycles. The molecule has 0 aliphatic rings. The van der Waals surface area contributed by atoms with Crippen LogP contribution in [0, 0.1) is 0 Å². The zero-order chi connectivity index (χ0) is 10.7. The lowest BCUT2D eigenvalue weighted by molar-refractivity contribution is 0.0519. The summed E-state index contributed by atoms with van der Waals surface area (Å²) in [6.45, 7) is 2.12. The van der Waals surface area contributed by atoms with Crippen molar-refractivity contribution < 1.29 is 9.53 Å². The third kappa shape index (κ3) is 2.17. The molecular weight excluding hydrogens is 316 g/mol. The van der Waals surface area contributed by atoms with Crippen molar-refractivity contribution in [3.05, 3.63) is 16.1 Å². The van der Waals surface area contributed by atoms with E-state index < -0.39 is 0 Å². The molecule has 0 aromatic carbocycles. The maximum Gasteiger partial charge on any atom is 0.358 e. The highest BCUT2D eigenvalue weighted by Crippen LogP contribution is 2.18. The third-order valence-electron chi connectivity index (χ3n) is 1.75. The molecule has 0 radical (unpaired) electrons. The summed E-state index contributed by atoms with van der Waals surface area (Å²) in [6, 6.07) is 0. The first-order chi connectivity index (χ1) is 6.61. The lowest BCUT2D eigenvalue weighted by Crippen LogP contribution is -2.08. The molecule has 0 unspecified atom stereocenters. The number of aromatic nitrogens is 2. The summed E-state index contributed by atoms with van der Waals surface area (Å²) in [7, 11) is 1.83. The van der Waals surface area contributed by atoms with Gasteiger partial charge in [-0.25, -0.2) is 9.78 Å². The predicted molar refractivity (Wildman–Crippen MR) is 59.5 cm³/mol. The van der Waals surface area contributed by atoms with Crippen molar-refractivity contribution in [2.45, 2.75) is 12.3 Å². The van der Waals surface area contributed by atoms with Crippen LogP contribution in [0.5, 0.6) is 0 Å². The number of nitrogens with zero attached hydrogens (tertiary/aromatic N) is 2. The van der Waals surface area contributed by atoms with Crippen LogP contribution in [0.3, 0.4) is 0 Å². The van der Waals surface area contributed by atoms with E-state index in [2.05, 4.69) is 36.8 Å². The van der Waals surface area contributed by atoms with Crippen LogP contribution in [0.4, 0.5) is 0 Å². The van der Waals surface area contributed by atoms with Crippen molar-refractivity contribution in [3.8, 4) is 0 Å². The lowest BCUT2D eigenvalue weighted by atomic mass is 10.3. The number of hydrogen-bond donors (Lipinski definition) is 0. The predicted octanol–water partition coefficient (Wildman–Crippen LogP) is 2.25. The Hall–Kier alpha value is -0.360. The van der Waals surface area contributed by atoms with Crippen LogP contribution in [-0.2, 0) is 17.1 Å². The first kappa shape index (κ1) is 11.7. The van der Waals surface area contributed by atoms with E-state index in [9.17, 15) is 4.79 Å². The SMILES string of the molecule is CCOC(=O)c1nc(Br)n(C)c1CBr. The fourth-order valence-corrected chi connectivity index (χ4v) is 2.05. The van der Waals surface area contributed by atoms with Gasteiger partial charge < -0.3 is 9.30 Å². The van der Waals surface area contributed by atoms with Crippen molar-refractivity contribution in [2.24, 2.45) is 7.05 Å². The van der Waals surface area contributed by atoms with E-state index in [1.165, 1.54) is 0 Å². The van der Waals surface area contributed by atoms with Gasteiger partial charge in [0, 0.05) is 12.4 Å². The fourth-order valence-electron chi connectivity index (χ4n) is 1.02. The topological polar surface area (TPSA) is 44.1 Å². The first-order valence-corrected chi connectivity index (χ1v) is 5.97. The summed E-state index contributed by atoms with van der Waals surface area (Å²) < 4.78 is 7.30. The average molecular weight is 326 g/mol. The van der Waals surface area contributed by atoms with Gasteiger partial charge in [0.05, 0.1) is 12.3 Å². The van der Waals surface area contributed by atoms with Gasteiger partial charge in [-0.15, -0.1) is 0 Å². The van der Waals surface area contributed by atoms with Crippen molar-refractivity contribution in [3.63, 3.8) is 0 Å². The van der Waals surface area contributed by atoms with E-state index in [-0.39, 0.29) is 5.97 Å². The van der Waals surface area contributed by atoms with Crippen LogP contribution in [0.2, 0.25) is 0 Å². The number of carbonyl (C=O) groups is 1. The molecule has 1 aromatic heterocycles. The Morgan fingerprint density at radius 3 is 2.79 bits per heavy atom. The number of hydrogen-bond acceptors (Lipinski definition) is 3. The standard InChI is InChI=1S/C8H10Br2N2O2/c1-3-14-7(13)6-5(4-9)12(2)8(10)11-6/h3-4H2,1-2H3. The minimum atomic E-state index is -0.386. The molecule has 4 nitrogen and oxygen atoms in total. The van der Waals surface area contributed by atoms with Gasteiger partial charge in [-0.2, -0.15) is 0 Å². The number of esters is 1. The number of carbonyl (C=O) groups excluding carboxylic acids is 1. The van der Waals surface area contributed by atoms with E-state index in [4.69, 9.17) is 4.74 Å². The van der Waals surface area contributed by atoms with Crippen LogP contribution < -0.4 is 0 Å². The van der Waals surface area contributed by atoms with Gasteiger partial charge in [0.15, 0.2) is 10.4 Å². The highest BCUT2D eigenvalue weighted by atomic mass is 79.9. The summed E-state index contributed by atoms with van der Waals surface area (Å²) in [5.74, 6) is -0.386. The maximum atomic E-state index is 11.5. The maximum absolute atomic E-state index is 11.5. The Kier molecular flexibility index (Phi) is 4.12. The normalized spacial score (nSPS) is 10.3. The summed E-state index contributed by atoms with van der Waals surface area (Å²) in [5, 5.41) is 0.566. The fraction of sp³-hybridized carbons (Fsp3) is 0.500. The number of rotatable bonds is 3. The van der Waals surface area contributed by atoms with Gasteiger partial charge in [0.25, 0.3) is 0 Å². The van der Waals surface area contributed by atoms with Crippen LogP contribution in [0.1, 0.15) is 23.1 Å². The van der Waals surface area contributed by atoms with E-state index >= 15 is 0 Å². The van der Waals surface area contributed by atoms with Crippen molar-refractivity contribution in [1.82, 2.24) is 9.55 Å². The first-order valence-electron chi connectivity index (χ1n) is 4.06. The minimum absolute atomic E-state index is 0.356. The van der Waals surface area contributed by atoms with Crippen molar-refractivity contribution >= 4 is 37.8 Å². The summed E-state index contributed by atoms with van der Waals surface area (Å²) in [5.41, 5.74) is 1.16. The Morgan fingerprint density at radius 2 is 2.29 bits per heavy atom. The molecule has 0 saturated carbocycles. The van der Waals surface area contributed by atoms with Gasteiger partial charge in [-0.3, -0.25) is 0 Å². The number of halogens is 2. The van der Waals surface area contributed by atoms with Crippen molar-refractivity contribution in [2.75, 3.05) is 6.61 Å². The van der Waals surface area contributed by atoms with E-state index in [1.807, 2.05) is 7.05 Å². The molecule has 0 bridgehead atoms. The molecule has 0 atom stereocenters. The summed E-state index contributed by atoms with van der Waals surface area (Å²) in [4.78, 5) is 15.5. The van der Waals surface area contributed by atoms with E-state index in [0.717, 1.165) is 5.69 Å². The van der Waals surface area contributed by atoms with E-state index in [1.54, 1.807) is 11.5 Å². The summed E-state index contributed by atoms with van der Waals surface area (Å²) in [6.07, 6.45) is 0. The molecule has 1 aromatic rings. The Morgan fingerprint density at radius 1 is 1.64 bits per heavy atom. The number of alkyl halides is 1. The molecule has 0 aliphatic carbocycles. The molecule has 14 heavy (non-hydrogen) atoms. The van der Waals surface area contributed by atoms with E-state index in [0.29, 0.717) is 22.4 Å². The van der Waals surface area contributed by atoms with Gasteiger partial charge in [0.2, 0.25) is 0 Å². The van der Waals surface area contributed by atoms with Crippen LogP contribution in [-0.4, -0.2) is 22.1 Å². The monoisotopic (exact) mass is 324 g/mol. The number of imidazole rings is 1. The van der Waals surface area contributed by atoms with Crippen LogP contribution in [0.25, 0.3) is 0 Å². The highest BCUT2D eigenvalue weighted by Gasteiger charge is 2.19. The largest absolute Gasteiger partial charge is 0.461 e. The van der Waals surface area contributed by atoms with Gasteiger partial charge >= 0.3 is 5.97 Å². The second-order valence-electron chi connectivity index (χ2n) is 2.59. The molecular formula is C8H10Br2N2O2. The Labute approximate surface area is 98.9 Å². The number of ether oxygens (including phenoxy) is 1. The average Bonchev–Trinajstić information content (AvgIpc) is 2.44. The van der Waals surface area contributed by atoms with Crippen molar-refractivity contribution in [1.29, 1.82) is 0 Å². The third-order valence-corrected chi connectivity index (χ3v) is 2.99. The molecule has 78 valence electrons. The minimum Gasteiger partial charge on any atom is -0.461 e. The molecule has 0 spiro atoms. The highest BCUT2D eigenvalue weighted by molar-refractivity contribution is 9.10.